The van der Waals surface area contributed by atoms with Gasteiger partial charge in [-0.2, -0.15) is 0 Å². The highest BCUT2D eigenvalue weighted by atomic mass is 16.6. The molecule has 104 valence electrons. The molecule has 1 aromatic carbocycles. The Bertz CT molecular complexity index is 631. The van der Waals surface area contributed by atoms with E-state index in [-0.39, 0.29) is 12.3 Å². The van der Waals surface area contributed by atoms with Gasteiger partial charge in [-0.25, -0.2) is 10.8 Å². The summed E-state index contributed by atoms with van der Waals surface area (Å²) in [4.78, 5) is 14.4. The first-order chi connectivity index (χ1) is 9.60. The molecule has 0 aliphatic carbocycles. The van der Waals surface area contributed by atoms with Crippen molar-refractivity contribution in [3.8, 4) is 5.75 Å². The Kier molecular flexibility index (Phi) is 4.11. The van der Waals surface area contributed by atoms with Crippen LogP contribution >= 0.6 is 0 Å². The Morgan fingerprint density at radius 1 is 1.40 bits per heavy atom. The molecule has 0 radical (unpaired) electrons. The number of rotatable bonds is 5. The number of nitrogens with one attached hydrogen (secondary N) is 1. The minimum atomic E-state index is -0.426. The van der Waals surface area contributed by atoms with Gasteiger partial charge in [0.15, 0.2) is 0 Å². The van der Waals surface area contributed by atoms with Crippen molar-refractivity contribution in [2.24, 2.45) is 5.84 Å². The maximum absolute atomic E-state index is 10.9. The van der Waals surface area contributed by atoms with Crippen molar-refractivity contribution in [3.63, 3.8) is 0 Å². The van der Waals surface area contributed by atoms with Crippen LogP contribution in [-0.2, 0) is 6.61 Å². The molecule has 0 unspecified atom stereocenters. The van der Waals surface area contributed by atoms with Gasteiger partial charge >= 0.3 is 0 Å². The molecule has 0 aliphatic heterocycles. The van der Waals surface area contributed by atoms with Crippen LogP contribution in [0.3, 0.4) is 0 Å². The van der Waals surface area contributed by atoms with Crippen molar-refractivity contribution in [1.82, 2.24) is 4.98 Å². The monoisotopic (exact) mass is 274 g/mol. The van der Waals surface area contributed by atoms with E-state index in [1.165, 1.54) is 6.07 Å². The van der Waals surface area contributed by atoms with Gasteiger partial charge in [-0.3, -0.25) is 10.1 Å². The standard InChI is InChI=1S/C13H14N4O3/c1-9-2-3-11(7-12(9)17(18)19)20-8-10-4-5-15-13(6-10)16-14/h2-7H,8,14H2,1H3,(H,15,16). The SMILES string of the molecule is Cc1ccc(OCc2ccnc(NN)c2)cc1[N+](=O)[O-]. The lowest BCUT2D eigenvalue weighted by Crippen LogP contribution is -2.09. The predicted molar refractivity (Wildman–Crippen MR) is 74.2 cm³/mol. The molecule has 0 saturated heterocycles. The molecule has 0 atom stereocenters. The summed E-state index contributed by atoms with van der Waals surface area (Å²) in [7, 11) is 0. The number of anilines is 1. The number of hydrazine groups is 1. The minimum absolute atomic E-state index is 0.0431. The summed E-state index contributed by atoms with van der Waals surface area (Å²) in [5.41, 5.74) is 3.94. The topological polar surface area (TPSA) is 103 Å². The molecule has 0 spiro atoms. The molecule has 1 heterocycles. The molecule has 20 heavy (non-hydrogen) atoms. The van der Waals surface area contributed by atoms with Crippen molar-refractivity contribution in [1.29, 1.82) is 0 Å². The molecule has 2 rings (SSSR count). The predicted octanol–water partition coefficient (Wildman–Crippen LogP) is 2.16. The van der Waals surface area contributed by atoms with E-state index < -0.39 is 4.92 Å². The number of aromatic nitrogens is 1. The Labute approximate surface area is 115 Å². The summed E-state index contributed by atoms with van der Waals surface area (Å²) in [5.74, 6) is 6.24. The van der Waals surface area contributed by atoms with Gasteiger partial charge in [-0.15, -0.1) is 0 Å². The van der Waals surface area contributed by atoms with Crippen molar-refractivity contribution >= 4 is 11.5 Å². The molecular formula is C13H14N4O3. The third-order valence-electron chi connectivity index (χ3n) is 2.76. The zero-order chi connectivity index (χ0) is 14.5. The zero-order valence-corrected chi connectivity index (χ0v) is 10.9. The lowest BCUT2D eigenvalue weighted by molar-refractivity contribution is -0.385. The molecule has 7 nitrogen and oxygen atoms in total. The largest absolute Gasteiger partial charge is 0.489 e. The summed E-state index contributed by atoms with van der Waals surface area (Å²) < 4.78 is 5.54. The average Bonchev–Trinajstić information content (AvgIpc) is 2.46. The maximum atomic E-state index is 10.9. The van der Waals surface area contributed by atoms with Gasteiger partial charge in [0.05, 0.1) is 11.0 Å². The Morgan fingerprint density at radius 2 is 2.20 bits per heavy atom. The van der Waals surface area contributed by atoms with Crippen molar-refractivity contribution in [2.75, 3.05) is 5.43 Å². The van der Waals surface area contributed by atoms with E-state index in [0.717, 1.165) is 5.56 Å². The highest BCUT2D eigenvalue weighted by Gasteiger charge is 2.11. The van der Waals surface area contributed by atoms with Crippen LogP contribution in [0.5, 0.6) is 5.75 Å². The van der Waals surface area contributed by atoms with Gasteiger partial charge in [0.2, 0.25) is 0 Å². The lowest BCUT2D eigenvalue weighted by atomic mass is 10.2. The lowest BCUT2D eigenvalue weighted by Gasteiger charge is -2.08. The Balaban J connectivity index is 2.10. The fraction of sp³-hybridized carbons (Fsp3) is 0.154. The molecule has 0 fully saturated rings. The van der Waals surface area contributed by atoms with E-state index in [1.807, 2.05) is 0 Å². The maximum Gasteiger partial charge on any atom is 0.276 e. The summed E-state index contributed by atoms with van der Waals surface area (Å²) in [6.07, 6.45) is 1.60. The van der Waals surface area contributed by atoms with Crippen molar-refractivity contribution in [3.05, 3.63) is 57.8 Å². The highest BCUT2D eigenvalue weighted by Crippen LogP contribution is 2.24. The minimum Gasteiger partial charge on any atom is -0.489 e. The zero-order valence-electron chi connectivity index (χ0n) is 10.9. The highest BCUT2D eigenvalue weighted by molar-refractivity contribution is 5.45. The molecule has 7 heteroatoms. The number of hydrogen-bond donors (Lipinski definition) is 2. The van der Waals surface area contributed by atoms with Crippen LogP contribution in [0.2, 0.25) is 0 Å². The van der Waals surface area contributed by atoms with Gasteiger partial charge < -0.3 is 10.2 Å². The quantitative estimate of drug-likeness (QED) is 0.492. The number of nitrogens with two attached hydrogens (primary N) is 1. The van der Waals surface area contributed by atoms with Crippen LogP contribution < -0.4 is 16.0 Å². The van der Waals surface area contributed by atoms with Gasteiger partial charge in [0.25, 0.3) is 5.69 Å². The fourth-order valence-corrected chi connectivity index (χ4v) is 1.69. The van der Waals surface area contributed by atoms with Gasteiger partial charge in [0.1, 0.15) is 18.2 Å². The van der Waals surface area contributed by atoms with Crippen LogP contribution in [0.4, 0.5) is 11.5 Å². The number of nitro benzene ring substituents is 1. The molecule has 0 bridgehead atoms. The van der Waals surface area contributed by atoms with Crippen LogP contribution in [0, 0.1) is 17.0 Å². The first-order valence-electron chi connectivity index (χ1n) is 5.89. The second-order valence-electron chi connectivity index (χ2n) is 4.19. The molecule has 0 saturated carbocycles. The number of pyridine rings is 1. The molecule has 0 amide bonds. The third-order valence-corrected chi connectivity index (χ3v) is 2.76. The molecule has 1 aromatic heterocycles. The fourth-order valence-electron chi connectivity index (χ4n) is 1.69. The van der Waals surface area contributed by atoms with Crippen molar-refractivity contribution < 1.29 is 9.66 Å². The Hall–Kier alpha value is -2.67. The molecule has 2 aromatic rings. The number of nitrogens with zero attached hydrogens (tertiary/aromatic N) is 2. The number of hydrogen-bond acceptors (Lipinski definition) is 6. The average molecular weight is 274 g/mol. The first kappa shape index (κ1) is 13.8. The summed E-state index contributed by atoms with van der Waals surface area (Å²) >= 11 is 0. The number of nitro groups is 1. The van der Waals surface area contributed by atoms with E-state index >= 15 is 0 Å². The van der Waals surface area contributed by atoms with Crippen LogP contribution in [-0.4, -0.2) is 9.91 Å². The normalized spacial score (nSPS) is 10.1. The van der Waals surface area contributed by atoms with E-state index in [9.17, 15) is 10.1 Å². The summed E-state index contributed by atoms with van der Waals surface area (Å²) in [6.45, 7) is 1.96. The van der Waals surface area contributed by atoms with Gasteiger partial charge in [-0.05, 0) is 36.8 Å². The van der Waals surface area contributed by atoms with E-state index in [4.69, 9.17) is 10.6 Å². The van der Waals surface area contributed by atoms with E-state index in [2.05, 4.69) is 10.4 Å². The van der Waals surface area contributed by atoms with E-state index in [0.29, 0.717) is 17.1 Å². The van der Waals surface area contributed by atoms with Crippen molar-refractivity contribution in [2.45, 2.75) is 13.5 Å². The third kappa shape index (κ3) is 3.21. The second kappa shape index (κ2) is 5.98. The van der Waals surface area contributed by atoms with Gasteiger partial charge in [-0.1, -0.05) is 0 Å². The smallest absolute Gasteiger partial charge is 0.276 e. The Morgan fingerprint density at radius 3 is 2.90 bits per heavy atom. The summed E-state index contributed by atoms with van der Waals surface area (Å²) in [5, 5.41) is 10.9. The van der Waals surface area contributed by atoms with E-state index in [1.54, 1.807) is 37.4 Å². The number of nitrogen functional groups attached to an aromatic ring is 1. The van der Waals surface area contributed by atoms with Crippen LogP contribution in [0.25, 0.3) is 0 Å². The molecule has 3 N–H and O–H groups in total. The number of benzene rings is 1. The van der Waals surface area contributed by atoms with Crippen LogP contribution in [0.15, 0.2) is 36.5 Å². The second-order valence-corrected chi connectivity index (χ2v) is 4.19. The summed E-state index contributed by atoms with van der Waals surface area (Å²) in [6, 6.07) is 8.29. The molecular weight excluding hydrogens is 260 g/mol. The number of ether oxygens (including phenoxy) is 1. The first-order valence-corrected chi connectivity index (χ1v) is 5.89. The van der Waals surface area contributed by atoms with Gasteiger partial charge in [0, 0.05) is 11.8 Å². The number of aryl methyl sites for hydroxylation is 1. The van der Waals surface area contributed by atoms with Crippen LogP contribution in [0.1, 0.15) is 11.1 Å². The molecule has 0 aliphatic rings.